The molecule has 1 aliphatic rings. The third-order valence-electron chi connectivity index (χ3n) is 6.61. The summed E-state index contributed by atoms with van der Waals surface area (Å²) in [6, 6.07) is 9.93. The van der Waals surface area contributed by atoms with Gasteiger partial charge in [-0.2, -0.15) is 14.7 Å². The van der Waals surface area contributed by atoms with Gasteiger partial charge in [0.2, 0.25) is 0 Å². The molecule has 4 aromatic rings. The summed E-state index contributed by atoms with van der Waals surface area (Å²) in [5.41, 5.74) is 11.1. The second kappa shape index (κ2) is 11.2. The largest absolute Gasteiger partial charge is 0.503 e. The summed E-state index contributed by atoms with van der Waals surface area (Å²) < 4.78 is 8.74. The highest BCUT2D eigenvalue weighted by molar-refractivity contribution is 6.00. The second-order valence-electron chi connectivity index (χ2n) is 9.07. The van der Waals surface area contributed by atoms with Crippen molar-refractivity contribution < 1.29 is 24.5 Å². The lowest BCUT2D eigenvalue weighted by Crippen LogP contribution is -2.21. The third kappa shape index (κ3) is 5.61. The highest BCUT2D eigenvalue weighted by Crippen LogP contribution is 2.39. The number of fused-ring (bicyclic) bond motifs is 1. The van der Waals surface area contributed by atoms with E-state index in [0.29, 0.717) is 22.9 Å². The van der Waals surface area contributed by atoms with E-state index in [1.165, 1.54) is 0 Å². The van der Waals surface area contributed by atoms with Gasteiger partial charge in [-0.05, 0) is 50.7 Å². The van der Waals surface area contributed by atoms with Crippen molar-refractivity contribution in [1.82, 2.24) is 24.4 Å². The standard InChI is InChI=1S/C25H28N6O2.CH2O3/c1-16(32)22-23(18-10-8-17(9-11-18)15-33-2)29-25-21(13-28-31(25)24(22)26)19-12-27-30(14-19)20-6-4-3-5-7-20;2-1(3)4/h3-7,12-14,17-18H,8-11,15,26H2,1-2H3;(H2,2,3,4). The fourth-order valence-electron chi connectivity index (χ4n) is 4.91. The molecule has 0 radical (unpaired) electrons. The number of anilines is 1. The molecule has 0 atom stereocenters. The number of aromatic nitrogens is 5. The number of para-hydroxylation sites is 1. The molecule has 0 amide bonds. The molecular formula is C26H30N6O5. The van der Waals surface area contributed by atoms with Crippen LogP contribution in [0.25, 0.3) is 22.5 Å². The van der Waals surface area contributed by atoms with E-state index in [-0.39, 0.29) is 11.7 Å². The normalized spacial score (nSPS) is 17.2. The number of ether oxygens (including phenoxy) is 1. The van der Waals surface area contributed by atoms with Crippen LogP contribution in [0.15, 0.2) is 48.9 Å². The maximum absolute atomic E-state index is 12.6. The van der Waals surface area contributed by atoms with Crippen molar-refractivity contribution in [3.63, 3.8) is 0 Å². The zero-order valence-corrected chi connectivity index (χ0v) is 20.7. The molecule has 3 aromatic heterocycles. The molecule has 0 aliphatic heterocycles. The number of nitrogen functional groups attached to an aromatic ring is 1. The summed E-state index contributed by atoms with van der Waals surface area (Å²) in [5.74, 6) is 1.02. The van der Waals surface area contributed by atoms with Crippen LogP contribution in [0.4, 0.5) is 10.6 Å². The number of nitrogens with zero attached hydrogens (tertiary/aromatic N) is 5. The second-order valence-corrected chi connectivity index (χ2v) is 9.07. The van der Waals surface area contributed by atoms with Crippen molar-refractivity contribution in [2.75, 3.05) is 19.5 Å². The molecule has 0 bridgehead atoms. The number of ketones is 1. The molecule has 4 N–H and O–H groups in total. The zero-order valence-electron chi connectivity index (χ0n) is 20.7. The Bertz CT molecular complexity index is 1390. The van der Waals surface area contributed by atoms with Crippen LogP contribution >= 0.6 is 0 Å². The predicted octanol–water partition coefficient (Wildman–Crippen LogP) is 4.51. The summed E-state index contributed by atoms with van der Waals surface area (Å²) in [6.07, 6.45) is 7.71. The van der Waals surface area contributed by atoms with E-state index in [0.717, 1.165) is 54.8 Å². The highest BCUT2D eigenvalue weighted by atomic mass is 16.6. The quantitative estimate of drug-likeness (QED) is 0.320. The Kier molecular flexibility index (Phi) is 7.83. The summed E-state index contributed by atoms with van der Waals surface area (Å²) >= 11 is 0. The lowest BCUT2D eigenvalue weighted by atomic mass is 9.79. The molecule has 1 aromatic carbocycles. The fourth-order valence-corrected chi connectivity index (χ4v) is 4.91. The maximum atomic E-state index is 12.6. The van der Waals surface area contributed by atoms with Crippen LogP contribution in [0, 0.1) is 5.92 Å². The summed E-state index contributed by atoms with van der Waals surface area (Å²) in [6.45, 7) is 2.33. The van der Waals surface area contributed by atoms with Gasteiger partial charge in [-0.15, -0.1) is 0 Å². The lowest BCUT2D eigenvalue weighted by molar-refractivity contribution is 0.101. The van der Waals surface area contributed by atoms with Gasteiger partial charge in [-0.3, -0.25) is 4.79 Å². The van der Waals surface area contributed by atoms with E-state index in [2.05, 4.69) is 10.2 Å². The number of Topliss-reactive ketones (excluding diaryl/α,β-unsaturated/α-hetero) is 1. The first-order valence-corrected chi connectivity index (χ1v) is 12.0. The van der Waals surface area contributed by atoms with Gasteiger partial charge in [0.25, 0.3) is 0 Å². The number of carbonyl (C=O) groups is 2. The molecule has 3 heterocycles. The number of benzene rings is 1. The van der Waals surface area contributed by atoms with Crippen LogP contribution in [0.5, 0.6) is 0 Å². The number of carbonyl (C=O) groups excluding carboxylic acids is 1. The van der Waals surface area contributed by atoms with E-state index < -0.39 is 6.16 Å². The predicted molar refractivity (Wildman–Crippen MR) is 137 cm³/mol. The Labute approximate surface area is 213 Å². The van der Waals surface area contributed by atoms with Gasteiger partial charge in [-0.25, -0.2) is 14.5 Å². The molecule has 11 nitrogen and oxygen atoms in total. The average molecular weight is 507 g/mol. The minimum absolute atomic E-state index is 0.0788. The molecule has 1 fully saturated rings. The van der Waals surface area contributed by atoms with Crippen molar-refractivity contribution in [3.8, 4) is 16.8 Å². The first-order chi connectivity index (χ1) is 17.8. The topological polar surface area (TPSA) is 158 Å². The maximum Gasteiger partial charge on any atom is 0.503 e. The Hall–Kier alpha value is -4.25. The number of methoxy groups -OCH3 is 1. The van der Waals surface area contributed by atoms with Gasteiger partial charge in [-0.1, -0.05) is 18.2 Å². The van der Waals surface area contributed by atoms with Gasteiger partial charge in [0.1, 0.15) is 5.82 Å². The molecule has 0 spiro atoms. The first-order valence-electron chi connectivity index (χ1n) is 12.0. The zero-order chi connectivity index (χ0) is 26.5. The van der Waals surface area contributed by atoms with Crippen molar-refractivity contribution in [3.05, 3.63) is 60.2 Å². The van der Waals surface area contributed by atoms with Crippen LogP contribution < -0.4 is 5.73 Å². The Balaban J connectivity index is 0.000000747. The van der Waals surface area contributed by atoms with E-state index in [9.17, 15) is 4.79 Å². The van der Waals surface area contributed by atoms with Crippen LogP contribution in [-0.4, -0.2) is 60.2 Å². The Morgan fingerprint density at radius 2 is 1.76 bits per heavy atom. The van der Waals surface area contributed by atoms with Crippen molar-refractivity contribution in [2.24, 2.45) is 5.92 Å². The van der Waals surface area contributed by atoms with E-state index in [1.54, 1.807) is 30.9 Å². The molecule has 37 heavy (non-hydrogen) atoms. The summed E-state index contributed by atoms with van der Waals surface area (Å²) in [4.78, 5) is 26.1. The Morgan fingerprint density at radius 1 is 1.08 bits per heavy atom. The first kappa shape index (κ1) is 25.8. The van der Waals surface area contributed by atoms with E-state index in [1.807, 2.05) is 41.2 Å². The molecular weight excluding hydrogens is 476 g/mol. The number of rotatable bonds is 6. The summed E-state index contributed by atoms with van der Waals surface area (Å²) in [5, 5.41) is 22.9. The SMILES string of the molecule is COCC1CCC(c2nc3c(-c4cnn(-c5ccccc5)c4)cnn3c(N)c2C(C)=O)CC1.O=C(O)O. The average Bonchev–Trinajstić information content (AvgIpc) is 3.52. The van der Waals surface area contributed by atoms with Gasteiger partial charge >= 0.3 is 6.16 Å². The minimum atomic E-state index is -1.83. The van der Waals surface area contributed by atoms with Gasteiger partial charge < -0.3 is 20.7 Å². The van der Waals surface area contributed by atoms with Crippen LogP contribution in [0.1, 0.15) is 54.6 Å². The minimum Gasteiger partial charge on any atom is -0.450 e. The van der Waals surface area contributed by atoms with Crippen LogP contribution in [0.3, 0.4) is 0 Å². The number of nitrogens with two attached hydrogens (primary N) is 1. The Morgan fingerprint density at radius 3 is 2.38 bits per heavy atom. The fraction of sp³-hybridized carbons (Fsp3) is 0.346. The smallest absolute Gasteiger partial charge is 0.450 e. The molecule has 1 saturated carbocycles. The molecule has 0 saturated heterocycles. The molecule has 0 unspecified atom stereocenters. The van der Waals surface area contributed by atoms with Gasteiger partial charge in [0.15, 0.2) is 11.4 Å². The van der Waals surface area contributed by atoms with Crippen LogP contribution in [-0.2, 0) is 4.74 Å². The molecule has 194 valence electrons. The van der Waals surface area contributed by atoms with E-state index >= 15 is 0 Å². The monoisotopic (exact) mass is 506 g/mol. The summed E-state index contributed by atoms with van der Waals surface area (Å²) in [7, 11) is 1.75. The molecule has 1 aliphatic carbocycles. The molecule has 11 heteroatoms. The van der Waals surface area contributed by atoms with Gasteiger partial charge in [0, 0.05) is 37.0 Å². The van der Waals surface area contributed by atoms with E-state index in [4.69, 9.17) is 30.5 Å². The van der Waals surface area contributed by atoms with Crippen LogP contribution in [0.2, 0.25) is 0 Å². The van der Waals surface area contributed by atoms with Crippen molar-refractivity contribution in [1.29, 1.82) is 0 Å². The lowest BCUT2D eigenvalue weighted by Gasteiger charge is -2.29. The number of carboxylic acid groups (broad SMARTS) is 2. The van der Waals surface area contributed by atoms with Crippen molar-refractivity contribution >= 4 is 23.4 Å². The van der Waals surface area contributed by atoms with Gasteiger partial charge in [0.05, 0.1) is 29.3 Å². The number of hydrogen-bond donors (Lipinski definition) is 3. The highest BCUT2D eigenvalue weighted by Gasteiger charge is 2.29. The molecule has 5 rings (SSSR count). The van der Waals surface area contributed by atoms with Crippen molar-refractivity contribution in [2.45, 2.75) is 38.5 Å². The third-order valence-corrected chi connectivity index (χ3v) is 6.61. The number of hydrogen-bond acceptors (Lipinski definition) is 7.